The van der Waals surface area contributed by atoms with Gasteiger partial charge in [-0.2, -0.15) is 0 Å². The lowest BCUT2D eigenvalue weighted by Crippen LogP contribution is -2.20. The summed E-state index contributed by atoms with van der Waals surface area (Å²) in [7, 11) is 0. The van der Waals surface area contributed by atoms with E-state index < -0.39 is 0 Å². The zero-order chi connectivity index (χ0) is 8.27. The zero-order valence-corrected chi connectivity index (χ0v) is 7.27. The smallest absolute Gasteiger partial charge is 0.0139 e. The van der Waals surface area contributed by atoms with Gasteiger partial charge < -0.3 is 11.5 Å². The maximum absolute atomic E-state index is 5.60. The van der Waals surface area contributed by atoms with Crippen molar-refractivity contribution in [3.05, 3.63) is 11.1 Å². The average molecular weight is 154 g/mol. The van der Waals surface area contributed by atoms with E-state index in [1.165, 1.54) is 30.4 Å². The van der Waals surface area contributed by atoms with Crippen molar-refractivity contribution in [2.24, 2.45) is 17.4 Å². The van der Waals surface area contributed by atoms with Crippen molar-refractivity contribution in [2.75, 3.05) is 13.1 Å². The zero-order valence-electron chi connectivity index (χ0n) is 7.27. The normalized spacial score (nSPS) is 25.9. The molecule has 1 unspecified atom stereocenters. The monoisotopic (exact) mass is 154 g/mol. The van der Waals surface area contributed by atoms with Gasteiger partial charge >= 0.3 is 0 Å². The summed E-state index contributed by atoms with van der Waals surface area (Å²) in [5.41, 5.74) is 14.1. The summed E-state index contributed by atoms with van der Waals surface area (Å²) >= 11 is 0. The molecule has 2 nitrogen and oxygen atoms in total. The van der Waals surface area contributed by atoms with Gasteiger partial charge in [-0.1, -0.05) is 11.1 Å². The number of hydrogen-bond donors (Lipinski definition) is 2. The predicted molar refractivity (Wildman–Crippen MR) is 48.1 cm³/mol. The lowest BCUT2D eigenvalue weighted by molar-refractivity contribution is 0.462. The first-order chi connectivity index (χ1) is 5.27. The molecule has 0 aromatic rings. The summed E-state index contributed by atoms with van der Waals surface area (Å²) in [6.07, 6.45) is 3.58. The van der Waals surface area contributed by atoms with Crippen LogP contribution in [0.2, 0.25) is 0 Å². The van der Waals surface area contributed by atoms with Gasteiger partial charge in [-0.05, 0) is 38.6 Å². The Morgan fingerprint density at radius 3 is 2.64 bits per heavy atom. The molecule has 0 aromatic heterocycles. The van der Waals surface area contributed by atoms with Crippen LogP contribution in [0.4, 0.5) is 0 Å². The number of allylic oxidation sites excluding steroid dienone is 1. The maximum Gasteiger partial charge on any atom is 0.0139 e. The second-order valence-corrected chi connectivity index (χ2v) is 3.43. The van der Waals surface area contributed by atoms with Gasteiger partial charge in [0, 0.05) is 6.54 Å². The van der Waals surface area contributed by atoms with Crippen molar-refractivity contribution < 1.29 is 0 Å². The third-order valence-electron chi connectivity index (χ3n) is 2.63. The molecule has 0 bridgehead atoms. The fourth-order valence-corrected chi connectivity index (χ4v) is 1.75. The van der Waals surface area contributed by atoms with E-state index in [1.54, 1.807) is 0 Å². The second-order valence-electron chi connectivity index (χ2n) is 3.43. The summed E-state index contributed by atoms with van der Waals surface area (Å²) in [5, 5.41) is 0. The van der Waals surface area contributed by atoms with E-state index in [-0.39, 0.29) is 0 Å². The van der Waals surface area contributed by atoms with Crippen LogP contribution in [0.1, 0.15) is 26.2 Å². The molecule has 0 saturated carbocycles. The summed E-state index contributed by atoms with van der Waals surface area (Å²) in [6.45, 7) is 3.75. The van der Waals surface area contributed by atoms with Gasteiger partial charge in [0.1, 0.15) is 0 Å². The molecule has 0 heterocycles. The molecule has 2 heteroatoms. The third-order valence-corrected chi connectivity index (χ3v) is 2.63. The van der Waals surface area contributed by atoms with Gasteiger partial charge in [0.15, 0.2) is 0 Å². The fourth-order valence-electron chi connectivity index (χ4n) is 1.75. The topological polar surface area (TPSA) is 52.0 Å². The van der Waals surface area contributed by atoms with Crippen molar-refractivity contribution in [3.63, 3.8) is 0 Å². The van der Waals surface area contributed by atoms with Gasteiger partial charge in [-0.3, -0.25) is 0 Å². The van der Waals surface area contributed by atoms with E-state index in [1.807, 2.05) is 0 Å². The first-order valence-corrected chi connectivity index (χ1v) is 4.35. The lowest BCUT2D eigenvalue weighted by Gasteiger charge is -2.23. The summed E-state index contributed by atoms with van der Waals surface area (Å²) in [5.74, 6) is 0.713. The van der Waals surface area contributed by atoms with Gasteiger partial charge in [0.25, 0.3) is 0 Å². The molecule has 1 rings (SSSR count). The highest BCUT2D eigenvalue weighted by Gasteiger charge is 2.15. The van der Waals surface area contributed by atoms with Gasteiger partial charge in [-0.15, -0.1) is 0 Å². The molecule has 0 amide bonds. The van der Waals surface area contributed by atoms with Crippen LogP contribution in [0, 0.1) is 5.92 Å². The Morgan fingerprint density at radius 1 is 1.45 bits per heavy atom. The van der Waals surface area contributed by atoms with Crippen LogP contribution in [0.5, 0.6) is 0 Å². The second kappa shape index (κ2) is 3.88. The van der Waals surface area contributed by atoms with Gasteiger partial charge in [-0.25, -0.2) is 0 Å². The predicted octanol–water partition coefficient (Wildman–Crippen LogP) is 1.02. The summed E-state index contributed by atoms with van der Waals surface area (Å²) < 4.78 is 0. The molecule has 4 N–H and O–H groups in total. The Bertz CT molecular complexity index is 161. The van der Waals surface area contributed by atoms with E-state index in [0.29, 0.717) is 5.92 Å². The first kappa shape index (κ1) is 8.75. The van der Waals surface area contributed by atoms with Gasteiger partial charge in [0.05, 0.1) is 0 Å². The summed E-state index contributed by atoms with van der Waals surface area (Å²) in [6, 6.07) is 0. The minimum absolute atomic E-state index is 0.713. The molecule has 64 valence electrons. The highest BCUT2D eigenvalue weighted by Crippen LogP contribution is 2.27. The molecular formula is C9H18N2. The number of nitrogens with two attached hydrogens (primary N) is 2. The molecule has 1 atom stereocenters. The van der Waals surface area contributed by atoms with Crippen LogP contribution in [-0.2, 0) is 0 Å². The molecule has 0 aromatic carbocycles. The van der Waals surface area contributed by atoms with Crippen molar-refractivity contribution >= 4 is 0 Å². The largest absolute Gasteiger partial charge is 0.330 e. The van der Waals surface area contributed by atoms with Crippen LogP contribution in [-0.4, -0.2) is 13.1 Å². The Morgan fingerprint density at radius 2 is 2.18 bits per heavy atom. The molecule has 1 aliphatic rings. The van der Waals surface area contributed by atoms with Crippen molar-refractivity contribution in [1.82, 2.24) is 0 Å². The minimum atomic E-state index is 0.713. The fraction of sp³-hybridized carbons (Fsp3) is 0.778. The number of hydrogen-bond acceptors (Lipinski definition) is 2. The quantitative estimate of drug-likeness (QED) is 0.583. The van der Waals surface area contributed by atoms with Crippen molar-refractivity contribution in [2.45, 2.75) is 26.2 Å². The molecule has 0 radical (unpaired) electrons. The molecule has 0 fully saturated rings. The molecule has 0 spiro atoms. The van der Waals surface area contributed by atoms with Crippen LogP contribution >= 0.6 is 0 Å². The molecule has 11 heavy (non-hydrogen) atoms. The molecule has 0 aliphatic heterocycles. The van der Waals surface area contributed by atoms with E-state index in [4.69, 9.17) is 11.5 Å². The van der Waals surface area contributed by atoms with Crippen molar-refractivity contribution in [1.29, 1.82) is 0 Å². The van der Waals surface area contributed by atoms with Crippen LogP contribution in [0.3, 0.4) is 0 Å². The van der Waals surface area contributed by atoms with Crippen LogP contribution in [0.15, 0.2) is 11.1 Å². The average Bonchev–Trinajstić information content (AvgIpc) is 2.04. The SMILES string of the molecule is CC1=C(CN)CCC(CN)C1. The third kappa shape index (κ3) is 2.04. The van der Waals surface area contributed by atoms with Crippen LogP contribution in [0.25, 0.3) is 0 Å². The minimum Gasteiger partial charge on any atom is -0.330 e. The van der Waals surface area contributed by atoms with E-state index in [0.717, 1.165) is 13.1 Å². The Labute approximate surface area is 68.6 Å². The Balaban J connectivity index is 2.56. The molecule has 0 saturated heterocycles. The molecule has 1 aliphatic carbocycles. The van der Waals surface area contributed by atoms with Crippen molar-refractivity contribution in [3.8, 4) is 0 Å². The summed E-state index contributed by atoms with van der Waals surface area (Å²) in [4.78, 5) is 0. The first-order valence-electron chi connectivity index (χ1n) is 4.35. The highest BCUT2D eigenvalue weighted by molar-refractivity contribution is 5.17. The number of rotatable bonds is 2. The van der Waals surface area contributed by atoms with Gasteiger partial charge in [0.2, 0.25) is 0 Å². The highest BCUT2D eigenvalue weighted by atomic mass is 14.6. The van der Waals surface area contributed by atoms with E-state index in [2.05, 4.69) is 6.92 Å². The standard InChI is InChI=1S/C9H18N2/c1-7-4-8(5-10)2-3-9(7)6-11/h8H,2-6,10-11H2,1H3. The van der Waals surface area contributed by atoms with E-state index >= 15 is 0 Å². The Hall–Kier alpha value is -0.340. The molecular weight excluding hydrogens is 136 g/mol. The lowest BCUT2D eigenvalue weighted by atomic mass is 9.85. The van der Waals surface area contributed by atoms with E-state index in [9.17, 15) is 0 Å². The van der Waals surface area contributed by atoms with Crippen LogP contribution < -0.4 is 11.5 Å². The maximum atomic E-state index is 5.60. The Kier molecular flexibility index (Phi) is 3.09.